The van der Waals surface area contributed by atoms with Crippen LogP contribution < -0.4 is 0 Å². The van der Waals surface area contributed by atoms with Gasteiger partial charge in [0, 0.05) is 12.1 Å². The molecule has 0 aromatic heterocycles. The van der Waals surface area contributed by atoms with Gasteiger partial charge in [0.25, 0.3) is 5.69 Å². The fourth-order valence-corrected chi connectivity index (χ4v) is 2.17. The highest BCUT2D eigenvalue weighted by Gasteiger charge is 2.14. The summed E-state index contributed by atoms with van der Waals surface area (Å²) in [5.74, 6) is -1.61. The Morgan fingerprint density at radius 3 is 2.27 bits per heavy atom. The Balaban J connectivity index is 2.30. The van der Waals surface area contributed by atoms with Crippen molar-refractivity contribution in [2.45, 2.75) is 0 Å². The van der Waals surface area contributed by atoms with Gasteiger partial charge in [-0.05, 0) is 46.9 Å². The summed E-state index contributed by atoms with van der Waals surface area (Å²) in [4.78, 5) is 21.0. The molecule has 0 unspecified atom stereocenters. The molecule has 2 N–H and O–H groups in total. The molecule has 0 aliphatic heterocycles. The topological polar surface area (TPSA) is 125 Å². The summed E-state index contributed by atoms with van der Waals surface area (Å²) in [7, 11) is 0. The average molecular weight is 413 g/mol. The lowest BCUT2D eigenvalue weighted by Crippen LogP contribution is -1.97. The number of halogens is 1. The SMILES string of the molecule is O=C(O)c1cc(N=Nc2ccc([N+](=O)[O-])cc2)cc(I)c1O. The first kappa shape index (κ1) is 15.8. The fraction of sp³-hybridized carbons (Fsp3) is 0. The van der Waals surface area contributed by atoms with Gasteiger partial charge in [-0.25, -0.2) is 4.79 Å². The number of nitrogens with zero attached hydrogens (tertiary/aromatic N) is 3. The fourth-order valence-electron chi connectivity index (χ4n) is 1.56. The van der Waals surface area contributed by atoms with E-state index in [4.69, 9.17) is 5.11 Å². The molecule has 2 rings (SSSR count). The number of azo groups is 1. The molecular weight excluding hydrogens is 405 g/mol. The van der Waals surface area contributed by atoms with Crippen LogP contribution in [0.3, 0.4) is 0 Å². The van der Waals surface area contributed by atoms with Crippen molar-refractivity contribution >= 4 is 45.6 Å². The van der Waals surface area contributed by atoms with Gasteiger partial charge in [0.2, 0.25) is 0 Å². The molecule has 0 atom stereocenters. The normalized spacial score (nSPS) is 10.8. The molecule has 0 radical (unpaired) electrons. The van der Waals surface area contributed by atoms with Crippen LogP contribution in [0.1, 0.15) is 10.4 Å². The molecule has 0 bridgehead atoms. The summed E-state index contributed by atoms with van der Waals surface area (Å²) in [6, 6.07) is 8.08. The minimum Gasteiger partial charge on any atom is -0.506 e. The predicted molar refractivity (Wildman–Crippen MR) is 85.1 cm³/mol. The minimum absolute atomic E-state index is 0.0636. The molecular formula is C13H8IN3O5. The van der Waals surface area contributed by atoms with E-state index in [-0.39, 0.29) is 22.7 Å². The Morgan fingerprint density at radius 2 is 1.73 bits per heavy atom. The van der Waals surface area contributed by atoms with E-state index in [1.165, 1.54) is 36.4 Å². The van der Waals surface area contributed by atoms with Crippen LogP contribution in [0.15, 0.2) is 46.6 Å². The van der Waals surface area contributed by atoms with Crippen LogP contribution >= 0.6 is 22.6 Å². The van der Waals surface area contributed by atoms with Gasteiger partial charge in [-0.1, -0.05) is 0 Å². The minimum atomic E-state index is -1.28. The molecule has 0 heterocycles. The number of carbonyl (C=O) groups is 1. The Bertz CT molecular complexity index is 774. The monoisotopic (exact) mass is 413 g/mol. The van der Waals surface area contributed by atoms with Crippen LogP contribution in [-0.4, -0.2) is 21.1 Å². The highest BCUT2D eigenvalue weighted by molar-refractivity contribution is 14.1. The van der Waals surface area contributed by atoms with Crippen molar-refractivity contribution in [3.8, 4) is 5.75 Å². The van der Waals surface area contributed by atoms with Gasteiger partial charge >= 0.3 is 5.97 Å². The van der Waals surface area contributed by atoms with E-state index in [0.717, 1.165) is 0 Å². The van der Waals surface area contributed by atoms with Crippen LogP contribution in [0.4, 0.5) is 17.1 Å². The number of hydrogen-bond donors (Lipinski definition) is 2. The van der Waals surface area contributed by atoms with Gasteiger partial charge in [-0.2, -0.15) is 10.2 Å². The number of carboxylic acids is 1. The predicted octanol–water partition coefficient (Wildman–Crippen LogP) is 4.02. The summed E-state index contributed by atoms with van der Waals surface area (Å²) >= 11 is 1.78. The molecule has 8 nitrogen and oxygen atoms in total. The molecule has 2 aromatic carbocycles. The number of benzene rings is 2. The molecule has 22 heavy (non-hydrogen) atoms. The van der Waals surface area contributed by atoms with Gasteiger partial charge < -0.3 is 10.2 Å². The lowest BCUT2D eigenvalue weighted by atomic mass is 10.2. The molecule has 112 valence electrons. The molecule has 0 saturated carbocycles. The summed E-state index contributed by atoms with van der Waals surface area (Å²) < 4.78 is 0.329. The largest absolute Gasteiger partial charge is 0.506 e. The molecule has 0 spiro atoms. The Kier molecular flexibility index (Phi) is 4.65. The smallest absolute Gasteiger partial charge is 0.339 e. The molecule has 2 aromatic rings. The Hall–Kier alpha value is -2.56. The second-order valence-corrected chi connectivity index (χ2v) is 5.26. The van der Waals surface area contributed by atoms with Gasteiger partial charge in [-0.3, -0.25) is 10.1 Å². The standard InChI is InChI=1S/C13H8IN3O5/c14-11-6-8(5-10(12(11)18)13(19)20)16-15-7-1-3-9(4-2-7)17(21)22/h1-6,18H,(H,19,20). The van der Waals surface area contributed by atoms with E-state index >= 15 is 0 Å². The van der Waals surface area contributed by atoms with Crippen molar-refractivity contribution in [1.29, 1.82) is 0 Å². The molecule has 9 heteroatoms. The van der Waals surface area contributed by atoms with E-state index in [0.29, 0.717) is 9.26 Å². The summed E-state index contributed by atoms with van der Waals surface area (Å²) in [5.41, 5.74) is 0.291. The van der Waals surface area contributed by atoms with Gasteiger partial charge in [0.1, 0.15) is 11.3 Å². The highest BCUT2D eigenvalue weighted by Crippen LogP contribution is 2.31. The van der Waals surface area contributed by atoms with Crippen LogP contribution in [0.5, 0.6) is 5.75 Å². The maximum Gasteiger partial charge on any atom is 0.339 e. The van der Waals surface area contributed by atoms with Gasteiger partial charge in [0.05, 0.1) is 19.9 Å². The lowest BCUT2D eigenvalue weighted by Gasteiger charge is -2.03. The summed E-state index contributed by atoms with van der Waals surface area (Å²) in [6.07, 6.45) is 0. The second kappa shape index (κ2) is 6.47. The summed E-state index contributed by atoms with van der Waals surface area (Å²) in [5, 5.41) is 36.9. The molecule has 0 fully saturated rings. The maximum atomic E-state index is 11.0. The highest BCUT2D eigenvalue weighted by atomic mass is 127. The van der Waals surface area contributed by atoms with Crippen molar-refractivity contribution in [3.63, 3.8) is 0 Å². The maximum absolute atomic E-state index is 11.0. The number of hydrogen-bond acceptors (Lipinski definition) is 6. The van der Waals surface area contributed by atoms with Crippen molar-refractivity contribution in [2.24, 2.45) is 10.2 Å². The molecule has 0 amide bonds. The van der Waals surface area contributed by atoms with Crippen LogP contribution in [0.25, 0.3) is 0 Å². The quantitative estimate of drug-likeness (QED) is 0.339. The van der Waals surface area contributed by atoms with Crippen LogP contribution in [0, 0.1) is 13.7 Å². The van der Waals surface area contributed by atoms with Crippen molar-refractivity contribution in [3.05, 3.63) is 55.6 Å². The number of nitro benzene ring substituents is 1. The van der Waals surface area contributed by atoms with E-state index < -0.39 is 10.9 Å². The zero-order valence-corrected chi connectivity index (χ0v) is 13.0. The van der Waals surface area contributed by atoms with Gasteiger partial charge in [-0.15, -0.1) is 0 Å². The van der Waals surface area contributed by atoms with Crippen LogP contribution in [-0.2, 0) is 0 Å². The number of non-ortho nitro benzene ring substituents is 1. The number of aromatic hydroxyl groups is 1. The van der Waals surface area contributed by atoms with Gasteiger partial charge in [0.15, 0.2) is 0 Å². The lowest BCUT2D eigenvalue weighted by molar-refractivity contribution is -0.384. The van der Waals surface area contributed by atoms with E-state index in [9.17, 15) is 20.0 Å². The third-order valence-corrected chi connectivity index (χ3v) is 3.44. The van der Waals surface area contributed by atoms with E-state index in [2.05, 4.69) is 10.2 Å². The molecule has 0 aliphatic carbocycles. The zero-order chi connectivity index (χ0) is 16.3. The number of phenols is 1. The van der Waals surface area contributed by atoms with E-state index in [1.54, 1.807) is 22.6 Å². The molecule has 0 aliphatic rings. The Labute approximate surface area is 137 Å². The number of nitro groups is 1. The average Bonchev–Trinajstić information content (AvgIpc) is 2.48. The van der Waals surface area contributed by atoms with Crippen molar-refractivity contribution in [2.75, 3.05) is 0 Å². The summed E-state index contributed by atoms with van der Waals surface area (Å²) in [6.45, 7) is 0. The van der Waals surface area contributed by atoms with Crippen molar-refractivity contribution in [1.82, 2.24) is 0 Å². The first-order valence-electron chi connectivity index (χ1n) is 5.80. The van der Waals surface area contributed by atoms with E-state index in [1.807, 2.05) is 0 Å². The number of rotatable bonds is 4. The van der Waals surface area contributed by atoms with Crippen LogP contribution in [0.2, 0.25) is 0 Å². The second-order valence-electron chi connectivity index (χ2n) is 4.10. The molecule has 0 saturated heterocycles. The number of aromatic carboxylic acids is 1. The third kappa shape index (κ3) is 3.55. The first-order chi connectivity index (χ1) is 10.4. The van der Waals surface area contributed by atoms with Crippen molar-refractivity contribution < 1.29 is 19.9 Å². The third-order valence-electron chi connectivity index (χ3n) is 2.62. The number of carboxylic acid groups (broad SMARTS) is 1. The first-order valence-corrected chi connectivity index (χ1v) is 6.88. The zero-order valence-electron chi connectivity index (χ0n) is 10.8. The Morgan fingerprint density at radius 1 is 1.14 bits per heavy atom.